The van der Waals surface area contributed by atoms with Gasteiger partial charge < -0.3 is 19.9 Å². The first-order chi connectivity index (χ1) is 13.1. The van der Waals surface area contributed by atoms with Gasteiger partial charge in [0, 0.05) is 32.2 Å². The highest BCUT2D eigenvalue weighted by Gasteiger charge is 2.33. The second-order valence-corrected chi connectivity index (χ2v) is 7.16. The molecule has 2 heterocycles. The summed E-state index contributed by atoms with van der Waals surface area (Å²) in [5.74, 6) is -0.549. The van der Waals surface area contributed by atoms with Gasteiger partial charge in [-0.25, -0.2) is 19.6 Å². The summed E-state index contributed by atoms with van der Waals surface area (Å²) in [4.78, 5) is 49.6. The number of aryl methyl sites for hydroxylation is 2. The molecule has 28 heavy (non-hydrogen) atoms. The minimum atomic E-state index is -0.607. The van der Waals surface area contributed by atoms with Crippen LogP contribution < -0.4 is 5.32 Å². The van der Waals surface area contributed by atoms with E-state index in [1.54, 1.807) is 37.5 Å². The van der Waals surface area contributed by atoms with E-state index in [2.05, 4.69) is 15.3 Å². The summed E-state index contributed by atoms with van der Waals surface area (Å²) in [6, 6.07) is -0.295. The Morgan fingerprint density at radius 1 is 1.21 bits per heavy atom. The molecule has 9 heteroatoms. The first-order valence-electron chi connectivity index (χ1n) is 9.55. The molecular formula is C19H29N5O4. The number of nitrogens with zero attached hydrogens (tertiary/aromatic N) is 4. The minimum absolute atomic E-state index is 0.0503. The molecule has 2 rings (SSSR count). The van der Waals surface area contributed by atoms with Crippen molar-refractivity contribution in [2.24, 2.45) is 0 Å². The van der Waals surface area contributed by atoms with Crippen LogP contribution in [0.5, 0.6) is 0 Å². The molecule has 0 aromatic carbocycles. The van der Waals surface area contributed by atoms with Crippen molar-refractivity contribution >= 4 is 17.9 Å². The summed E-state index contributed by atoms with van der Waals surface area (Å²) in [7, 11) is 0. The van der Waals surface area contributed by atoms with Crippen molar-refractivity contribution < 1.29 is 19.1 Å². The predicted molar refractivity (Wildman–Crippen MR) is 103 cm³/mol. The van der Waals surface area contributed by atoms with Gasteiger partial charge in [0.05, 0.1) is 11.8 Å². The topological polar surface area (TPSA) is 105 Å². The Morgan fingerprint density at radius 3 is 2.46 bits per heavy atom. The fraction of sp³-hybridized carbons (Fsp3) is 0.632. The molecule has 1 N–H and O–H groups in total. The third kappa shape index (κ3) is 4.76. The summed E-state index contributed by atoms with van der Waals surface area (Å²) in [5.41, 5.74) is 0.563. The maximum atomic E-state index is 13.2. The Labute approximate surface area is 165 Å². The zero-order valence-electron chi connectivity index (χ0n) is 17.4. The summed E-state index contributed by atoms with van der Waals surface area (Å²) < 4.78 is 5.28. The van der Waals surface area contributed by atoms with Gasteiger partial charge >= 0.3 is 12.0 Å². The highest BCUT2D eigenvalue weighted by molar-refractivity contribution is 6.04. The summed E-state index contributed by atoms with van der Waals surface area (Å²) >= 11 is 0. The molecule has 1 aromatic rings. The molecule has 0 radical (unpaired) electrons. The van der Waals surface area contributed by atoms with E-state index in [4.69, 9.17) is 4.74 Å². The third-order valence-electron chi connectivity index (χ3n) is 4.45. The van der Waals surface area contributed by atoms with Crippen LogP contribution in [0.1, 0.15) is 60.1 Å². The van der Waals surface area contributed by atoms with Gasteiger partial charge in [-0.3, -0.25) is 4.79 Å². The molecule has 0 aliphatic carbocycles. The van der Waals surface area contributed by atoms with Crippen LogP contribution in [0, 0.1) is 13.8 Å². The lowest BCUT2D eigenvalue weighted by Gasteiger charge is -2.39. The van der Waals surface area contributed by atoms with Crippen LogP contribution in [0.4, 0.5) is 4.79 Å². The third-order valence-corrected chi connectivity index (χ3v) is 4.45. The van der Waals surface area contributed by atoms with Crippen molar-refractivity contribution in [1.29, 1.82) is 0 Å². The zero-order chi connectivity index (χ0) is 21.0. The number of hydrogen-bond acceptors (Lipinski definition) is 6. The highest BCUT2D eigenvalue weighted by atomic mass is 16.5. The molecule has 1 atom stereocenters. The lowest BCUT2D eigenvalue weighted by molar-refractivity contribution is 0.0367. The fourth-order valence-corrected chi connectivity index (χ4v) is 3.23. The molecule has 154 valence electrons. The number of piperazine rings is 1. The summed E-state index contributed by atoms with van der Waals surface area (Å²) in [6.07, 6.45) is -0.322. The molecule has 1 aliphatic heterocycles. The maximum absolute atomic E-state index is 13.2. The first kappa shape index (κ1) is 21.6. The van der Waals surface area contributed by atoms with E-state index >= 15 is 0 Å². The second-order valence-electron chi connectivity index (χ2n) is 7.16. The average Bonchev–Trinajstić information content (AvgIpc) is 2.59. The second kappa shape index (κ2) is 8.99. The molecule has 1 saturated heterocycles. The largest absolute Gasteiger partial charge is 0.459 e. The zero-order valence-corrected chi connectivity index (χ0v) is 17.4. The molecule has 0 saturated carbocycles. The van der Waals surface area contributed by atoms with E-state index in [9.17, 15) is 14.4 Å². The van der Waals surface area contributed by atoms with Gasteiger partial charge in [-0.15, -0.1) is 0 Å². The number of rotatable bonds is 4. The standard InChI is InChI=1S/C19H29N5O4/c1-7-20-19(27)24-9-8-23(10-12(24)4)17(25)16-15(18(26)28-11(2)3)13(5)21-14(6)22-16/h11-12H,7-10H2,1-6H3,(H,20,27). The monoisotopic (exact) mass is 391 g/mol. The number of ether oxygens (including phenoxy) is 1. The highest BCUT2D eigenvalue weighted by Crippen LogP contribution is 2.18. The van der Waals surface area contributed by atoms with Gasteiger partial charge in [-0.2, -0.15) is 0 Å². The van der Waals surface area contributed by atoms with Crippen molar-refractivity contribution in [3.63, 3.8) is 0 Å². The van der Waals surface area contributed by atoms with E-state index in [-0.39, 0.29) is 35.3 Å². The van der Waals surface area contributed by atoms with Crippen LogP contribution in [-0.2, 0) is 4.74 Å². The van der Waals surface area contributed by atoms with E-state index in [1.165, 1.54) is 0 Å². The molecule has 0 bridgehead atoms. The van der Waals surface area contributed by atoms with Crippen molar-refractivity contribution in [3.05, 3.63) is 22.8 Å². The predicted octanol–water partition coefficient (Wildman–Crippen LogP) is 1.53. The number of hydrogen-bond donors (Lipinski definition) is 1. The quantitative estimate of drug-likeness (QED) is 0.781. The lowest BCUT2D eigenvalue weighted by Crippen LogP contribution is -2.57. The maximum Gasteiger partial charge on any atom is 0.342 e. The van der Waals surface area contributed by atoms with Crippen LogP contribution in [0.3, 0.4) is 0 Å². The molecule has 3 amide bonds. The normalized spacial score (nSPS) is 16.9. The number of carbonyl (C=O) groups is 3. The number of nitrogens with one attached hydrogen (secondary N) is 1. The lowest BCUT2D eigenvalue weighted by atomic mass is 10.1. The van der Waals surface area contributed by atoms with Gasteiger partial charge in [0.2, 0.25) is 0 Å². The summed E-state index contributed by atoms with van der Waals surface area (Å²) in [6.45, 7) is 12.3. The van der Waals surface area contributed by atoms with E-state index in [1.807, 2.05) is 13.8 Å². The van der Waals surface area contributed by atoms with Gasteiger partial charge in [-0.1, -0.05) is 0 Å². The van der Waals surface area contributed by atoms with Crippen molar-refractivity contribution in [3.8, 4) is 0 Å². The molecular weight excluding hydrogens is 362 g/mol. The Hall–Kier alpha value is -2.71. The Kier molecular flexibility index (Phi) is 6.93. The minimum Gasteiger partial charge on any atom is -0.459 e. The molecule has 1 aromatic heterocycles. The Bertz CT molecular complexity index is 765. The van der Waals surface area contributed by atoms with Crippen LogP contribution in [0.25, 0.3) is 0 Å². The SMILES string of the molecule is CCNC(=O)N1CCN(C(=O)c2nc(C)nc(C)c2C(=O)OC(C)C)CC1C. The fourth-order valence-electron chi connectivity index (χ4n) is 3.23. The van der Waals surface area contributed by atoms with E-state index < -0.39 is 5.97 Å². The van der Waals surface area contributed by atoms with Crippen LogP contribution in [0.2, 0.25) is 0 Å². The van der Waals surface area contributed by atoms with Crippen molar-refractivity contribution in [2.45, 2.75) is 53.7 Å². The number of aromatic nitrogens is 2. The molecule has 0 spiro atoms. The molecule has 1 unspecified atom stereocenters. The first-order valence-corrected chi connectivity index (χ1v) is 9.55. The smallest absolute Gasteiger partial charge is 0.342 e. The molecule has 1 fully saturated rings. The van der Waals surface area contributed by atoms with E-state index in [0.717, 1.165) is 0 Å². The average molecular weight is 391 g/mol. The molecule has 1 aliphatic rings. The number of carbonyl (C=O) groups excluding carboxylic acids is 3. The van der Waals surface area contributed by atoms with E-state index in [0.29, 0.717) is 37.7 Å². The number of urea groups is 1. The van der Waals surface area contributed by atoms with Crippen LogP contribution in [-0.4, -0.2) is 76.0 Å². The van der Waals surface area contributed by atoms with Gasteiger partial charge in [0.25, 0.3) is 5.91 Å². The van der Waals surface area contributed by atoms with Crippen LogP contribution >= 0.6 is 0 Å². The van der Waals surface area contributed by atoms with Crippen LogP contribution in [0.15, 0.2) is 0 Å². The Morgan fingerprint density at radius 2 is 1.89 bits per heavy atom. The van der Waals surface area contributed by atoms with Crippen molar-refractivity contribution in [1.82, 2.24) is 25.1 Å². The number of esters is 1. The number of amides is 3. The summed E-state index contributed by atoms with van der Waals surface area (Å²) in [5, 5.41) is 2.78. The van der Waals surface area contributed by atoms with Gasteiger partial charge in [-0.05, 0) is 41.5 Å². The molecule has 9 nitrogen and oxygen atoms in total. The van der Waals surface area contributed by atoms with Crippen molar-refractivity contribution in [2.75, 3.05) is 26.2 Å². The van der Waals surface area contributed by atoms with Gasteiger partial charge in [0.1, 0.15) is 17.1 Å². The Balaban J connectivity index is 2.27. The van der Waals surface area contributed by atoms with Gasteiger partial charge in [0.15, 0.2) is 0 Å².